The summed E-state index contributed by atoms with van der Waals surface area (Å²) in [6, 6.07) is 0. The Balaban J connectivity index is 1.72. The van der Waals surface area contributed by atoms with Gasteiger partial charge in [-0.3, -0.25) is 4.90 Å². The third-order valence-electron chi connectivity index (χ3n) is 4.05. The molecule has 3 heteroatoms. The summed E-state index contributed by atoms with van der Waals surface area (Å²) < 4.78 is 5.80. The van der Waals surface area contributed by atoms with Crippen molar-refractivity contribution in [2.24, 2.45) is 5.92 Å². The van der Waals surface area contributed by atoms with Crippen LogP contribution in [0.15, 0.2) is 0 Å². The lowest BCUT2D eigenvalue weighted by atomic mass is 9.98. The van der Waals surface area contributed by atoms with Gasteiger partial charge in [0.15, 0.2) is 0 Å². The van der Waals surface area contributed by atoms with E-state index in [1.54, 1.807) is 0 Å². The summed E-state index contributed by atoms with van der Waals surface area (Å²) in [6.07, 6.45) is 3.17. The normalized spacial score (nSPS) is 28.3. The molecule has 0 bridgehead atoms. The van der Waals surface area contributed by atoms with Crippen molar-refractivity contribution in [1.29, 1.82) is 0 Å². The molecule has 2 aliphatic rings. The first-order chi connectivity index (χ1) is 7.62. The minimum Gasteiger partial charge on any atom is -0.374 e. The van der Waals surface area contributed by atoms with Crippen LogP contribution in [0.1, 0.15) is 33.6 Å². The van der Waals surface area contributed by atoms with Crippen LogP contribution < -0.4 is 5.32 Å². The molecule has 1 heterocycles. The van der Waals surface area contributed by atoms with Gasteiger partial charge in [-0.1, -0.05) is 6.92 Å². The molecule has 0 radical (unpaired) electrons. The van der Waals surface area contributed by atoms with Gasteiger partial charge in [-0.15, -0.1) is 0 Å². The summed E-state index contributed by atoms with van der Waals surface area (Å²) in [5, 5.41) is 3.68. The Labute approximate surface area is 99.5 Å². The number of nitrogens with one attached hydrogen (secondary N) is 1. The Kier molecular flexibility index (Phi) is 3.88. The summed E-state index contributed by atoms with van der Waals surface area (Å²) >= 11 is 0. The number of likely N-dealkylation sites (N-methyl/N-ethyl adjacent to an activating group) is 1. The number of hydrogen-bond acceptors (Lipinski definition) is 3. The van der Waals surface area contributed by atoms with Crippen molar-refractivity contribution < 1.29 is 4.74 Å². The molecule has 1 unspecified atom stereocenters. The van der Waals surface area contributed by atoms with Crippen LogP contribution in [0.5, 0.6) is 0 Å². The Bertz CT molecular complexity index is 226. The van der Waals surface area contributed by atoms with Crippen molar-refractivity contribution in [1.82, 2.24) is 10.2 Å². The third kappa shape index (κ3) is 3.19. The van der Waals surface area contributed by atoms with Crippen molar-refractivity contribution >= 4 is 0 Å². The lowest BCUT2D eigenvalue weighted by Crippen LogP contribution is -2.51. The number of ether oxygens (including phenoxy) is 1. The standard InChI is InChI=1S/C13H26N2O/c1-4-15-7-8-16-12(10-15)9-14-13(2,3)11-5-6-11/h11-12,14H,4-10H2,1-3H3. The van der Waals surface area contributed by atoms with Gasteiger partial charge >= 0.3 is 0 Å². The second kappa shape index (κ2) is 5.03. The zero-order valence-electron chi connectivity index (χ0n) is 11.0. The fourth-order valence-electron chi connectivity index (χ4n) is 2.52. The molecule has 1 atom stereocenters. The summed E-state index contributed by atoms with van der Waals surface area (Å²) in [5.41, 5.74) is 0.303. The highest BCUT2D eigenvalue weighted by Gasteiger charge is 2.37. The van der Waals surface area contributed by atoms with Crippen LogP contribution in [0.25, 0.3) is 0 Å². The van der Waals surface area contributed by atoms with E-state index in [0.717, 1.165) is 38.7 Å². The van der Waals surface area contributed by atoms with Crippen molar-refractivity contribution in [3.05, 3.63) is 0 Å². The minimum atomic E-state index is 0.303. The molecule has 1 aliphatic heterocycles. The van der Waals surface area contributed by atoms with E-state index < -0.39 is 0 Å². The van der Waals surface area contributed by atoms with Gasteiger partial charge in [0.2, 0.25) is 0 Å². The van der Waals surface area contributed by atoms with Gasteiger partial charge in [0.1, 0.15) is 0 Å². The highest BCUT2D eigenvalue weighted by Crippen LogP contribution is 2.39. The molecule has 16 heavy (non-hydrogen) atoms. The molecule has 0 aromatic rings. The Morgan fingerprint density at radius 3 is 2.75 bits per heavy atom. The van der Waals surface area contributed by atoms with E-state index in [2.05, 4.69) is 31.0 Å². The molecule has 2 fully saturated rings. The van der Waals surface area contributed by atoms with Gasteiger partial charge in [-0.2, -0.15) is 0 Å². The van der Waals surface area contributed by atoms with Crippen LogP contribution in [0.4, 0.5) is 0 Å². The van der Waals surface area contributed by atoms with E-state index in [-0.39, 0.29) is 0 Å². The van der Waals surface area contributed by atoms with E-state index in [0.29, 0.717) is 11.6 Å². The third-order valence-corrected chi connectivity index (χ3v) is 4.05. The van der Waals surface area contributed by atoms with Crippen molar-refractivity contribution in [3.8, 4) is 0 Å². The predicted octanol–water partition coefficient (Wildman–Crippen LogP) is 1.49. The maximum absolute atomic E-state index is 5.80. The molecule has 94 valence electrons. The smallest absolute Gasteiger partial charge is 0.0826 e. The quantitative estimate of drug-likeness (QED) is 0.768. The van der Waals surface area contributed by atoms with Crippen molar-refractivity contribution in [3.63, 3.8) is 0 Å². The van der Waals surface area contributed by atoms with Gasteiger partial charge in [0.25, 0.3) is 0 Å². The molecule has 1 saturated heterocycles. The fraction of sp³-hybridized carbons (Fsp3) is 1.00. The van der Waals surface area contributed by atoms with Crippen LogP contribution >= 0.6 is 0 Å². The second-order valence-corrected chi connectivity index (χ2v) is 5.76. The lowest BCUT2D eigenvalue weighted by Gasteiger charge is -2.35. The van der Waals surface area contributed by atoms with Crippen LogP contribution in [-0.4, -0.2) is 49.3 Å². The maximum atomic E-state index is 5.80. The first kappa shape index (κ1) is 12.3. The van der Waals surface area contributed by atoms with E-state index in [1.807, 2.05) is 0 Å². The molecule has 1 saturated carbocycles. The first-order valence-corrected chi connectivity index (χ1v) is 6.71. The average molecular weight is 226 g/mol. The summed E-state index contributed by atoms with van der Waals surface area (Å²) in [7, 11) is 0. The molecule has 0 amide bonds. The monoisotopic (exact) mass is 226 g/mol. The molecular formula is C13H26N2O. The van der Waals surface area contributed by atoms with Crippen molar-refractivity contribution in [2.75, 3.05) is 32.8 Å². The zero-order valence-corrected chi connectivity index (χ0v) is 11.0. The molecular weight excluding hydrogens is 200 g/mol. The largest absolute Gasteiger partial charge is 0.374 e. The molecule has 3 nitrogen and oxygen atoms in total. The average Bonchev–Trinajstić information content (AvgIpc) is 3.11. The highest BCUT2D eigenvalue weighted by atomic mass is 16.5. The molecule has 0 spiro atoms. The Morgan fingerprint density at radius 2 is 2.12 bits per heavy atom. The van der Waals surface area contributed by atoms with E-state index in [9.17, 15) is 0 Å². The molecule has 0 aromatic carbocycles. The molecule has 0 aromatic heterocycles. The number of rotatable bonds is 5. The van der Waals surface area contributed by atoms with Crippen molar-refractivity contribution in [2.45, 2.75) is 45.3 Å². The van der Waals surface area contributed by atoms with Gasteiger partial charge in [-0.05, 0) is 39.2 Å². The first-order valence-electron chi connectivity index (χ1n) is 6.71. The fourth-order valence-corrected chi connectivity index (χ4v) is 2.52. The Hall–Kier alpha value is -0.120. The zero-order chi connectivity index (χ0) is 11.6. The van der Waals surface area contributed by atoms with Crippen LogP contribution in [0.3, 0.4) is 0 Å². The Morgan fingerprint density at radius 1 is 1.38 bits per heavy atom. The topological polar surface area (TPSA) is 24.5 Å². The van der Waals surface area contributed by atoms with E-state index in [4.69, 9.17) is 4.74 Å². The maximum Gasteiger partial charge on any atom is 0.0826 e. The highest BCUT2D eigenvalue weighted by molar-refractivity contribution is 4.95. The van der Waals surface area contributed by atoms with Gasteiger partial charge in [0.05, 0.1) is 12.7 Å². The SMILES string of the molecule is CCN1CCOC(CNC(C)(C)C2CC2)C1. The second-order valence-electron chi connectivity index (χ2n) is 5.76. The number of hydrogen-bond donors (Lipinski definition) is 1. The van der Waals surface area contributed by atoms with Gasteiger partial charge in [-0.25, -0.2) is 0 Å². The minimum absolute atomic E-state index is 0.303. The van der Waals surface area contributed by atoms with Crippen LogP contribution in [0, 0.1) is 5.92 Å². The van der Waals surface area contributed by atoms with Crippen LogP contribution in [-0.2, 0) is 4.74 Å². The summed E-state index contributed by atoms with van der Waals surface area (Å²) in [4.78, 5) is 2.47. The van der Waals surface area contributed by atoms with E-state index in [1.165, 1.54) is 12.8 Å². The molecule has 1 aliphatic carbocycles. The summed E-state index contributed by atoms with van der Waals surface area (Å²) in [5.74, 6) is 0.887. The molecule has 2 rings (SSSR count). The summed E-state index contributed by atoms with van der Waals surface area (Å²) in [6.45, 7) is 12.1. The number of nitrogens with zero attached hydrogens (tertiary/aromatic N) is 1. The van der Waals surface area contributed by atoms with Gasteiger partial charge < -0.3 is 10.1 Å². The lowest BCUT2D eigenvalue weighted by molar-refractivity contribution is -0.0284. The van der Waals surface area contributed by atoms with E-state index >= 15 is 0 Å². The van der Waals surface area contributed by atoms with Crippen LogP contribution in [0.2, 0.25) is 0 Å². The molecule has 1 N–H and O–H groups in total. The predicted molar refractivity (Wildman–Crippen MR) is 66.7 cm³/mol. The number of morpholine rings is 1. The van der Waals surface area contributed by atoms with Gasteiger partial charge in [0, 0.05) is 25.2 Å².